The van der Waals surface area contributed by atoms with Crippen LogP contribution in [0.25, 0.3) is 0 Å². The Kier molecular flexibility index (Phi) is 5.04. The molecule has 24 heavy (non-hydrogen) atoms. The van der Waals surface area contributed by atoms with Crippen LogP contribution in [0.3, 0.4) is 0 Å². The molecule has 0 atom stereocenters. The number of nitrogens with two attached hydrogens (primary N) is 1. The van der Waals surface area contributed by atoms with Crippen molar-refractivity contribution >= 4 is 11.8 Å². The van der Waals surface area contributed by atoms with Crippen LogP contribution < -0.4 is 15.8 Å². The third kappa shape index (κ3) is 3.87. The lowest BCUT2D eigenvalue weighted by Crippen LogP contribution is -2.44. The Balaban J connectivity index is 1.40. The first-order valence-electron chi connectivity index (χ1n) is 8.59. The van der Waals surface area contributed by atoms with Gasteiger partial charge in [-0.25, -0.2) is 0 Å². The summed E-state index contributed by atoms with van der Waals surface area (Å²) in [5.41, 5.74) is 6.07. The van der Waals surface area contributed by atoms with E-state index < -0.39 is 5.91 Å². The molecule has 1 spiro atoms. The van der Waals surface area contributed by atoms with Crippen LogP contribution in [0.4, 0.5) is 0 Å². The number of primary amides is 1. The average molecular weight is 331 g/mol. The minimum absolute atomic E-state index is 0.157. The first-order chi connectivity index (χ1) is 11.6. The van der Waals surface area contributed by atoms with Crippen molar-refractivity contribution in [1.82, 2.24) is 10.2 Å². The molecule has 2 aliphatic rings. The second-order valence-electron chi connectivity index (χ2n) is 6.79. The van der Waals surface area contributed by atoms with Crippen LogP contribution in [0.1, 0.15) is 36.0 Å². The number of nitrogens with one attached hydrogen (secondary N) is 1. The van der Waals surface area contributed by atoms with Crippen LogP contribution in [0.5, 0.6) is 5.75 Å². The molecule has 6 heteroatoms. The monoisotopic (exact) mass is 331 g/mol. The van der Waals surface area contributed by atoms with Crippen molar-refractivity contribution in [2.75, 3.05) is 32.8 Å². The van der Waals surface area contributed by atoms with Gasteiger partial charge in [-0.3, -0.25) is 9.59 Å². The number of benzene rings is 1. The predicted octanol–water partition coefficient (Wildman–Crippen LogP) is 1.16. The Morgan fingerprint density at radius 2 is 1.88 bits per heavy atom. The molecule has 3 rings (SSSR count). The first-order valence-corrected chi connectivity index (χ1v) is 8.59. The smallest absolute Gasteiger partial charge is 0.248 e. The molecule has 2 fully saturated rings. The number of carbonyl (C=O) groups excluding carboxylic acids is 2. The fourth-order valence-corrected chi connectivity index (χ4v) is 3.58. The zero-order valence-electron chi connectivity index (χ0n) is 13.9. The van der Waals surface area contributed by atoms with Crippen molar-refractivity contribution in [1.29, 1.82) is 0 Å². The summed E-state index contributed by atoms with van der Waals surface area (Å²) in [6, 6.07) is 6.64. The summed E-state index contributed by atoms with van der Waals surface area (Å²) in [5, 5.41) is 3.44. The van der Waals surface area contributed by atoms with Crippen LogP contribution in [0.2, 0.25) is 0 Å². The van der Waals surface area contributed by atoms with Gasteiger partial charge in [-0.05, 0) is 55.5 Å². The van der Waals surface area contributed by atoms with Gasteiger partial charge in [0.05, 0.1) is 13.0 Å². The van der Waals surface area contributed by atoms with E-state index in [2.05, 4.69) is 5.32 Å². The number of rotatable bonds is 5. The van der Waals surface area contributed by atoms with Crippen LogP contribution >= 0.6 is 0 Å². The van der Waals surface area contributed by atoms with Gasteiger partial charge in [0.25, 0.3) is 0 Å². The number of hydrogen-bond acceptors (Lipinski definition) is 4. The second kappa shape index (κ2) is 7.21. The van der Waals surface area contributed by atoms with E-state index in [0.717, 1.165) is 39.0 Å². The molecule has 0 unspecified atom stereocenters. The van der Waals surface area contributed by atoms with Gasteiger partial charge in [0.1, 0.15) is 5.75 Å². The summed E-state index contributed by atoms with van der Waals surface area (Å²) in [4.78, 5) is 25.3. The maximum atomic E-state index is 12.3. The number of amides is 2. The molecule has 0 aliphatic carbocycles. The third-order valence-corrected chi connectivity index (χ3v) is 5.23. The van der Waals surface area contributed by atoms with Gasteiger partial charge in [0, 0.05) is 25.2 Å². The maximum Gasteiger partial charge on any atom is 0.248 e. The molecule has 2 amide bonds. The van der Waals surface area contributed by atoms with E-state index in [0.29, 0.717) is 29.8 Å². The summed E-state index contributed by atoms with van der Waals surface area (Å²) in [7, 11) is 0. The maximum absolute atomic E-state index is 12.3. The lowest BCUT2D eigenvalue weighted by Gasteiger charge is -2.38. The van der Waals surface area contributed by atoms with Crippen molar-refractivity contribution in [3.05, 3.63) is 29.8 Å². The number of hydrogen-bond donors (Lipinski definition) is 2. The molecule has 2 aliphatic heterocycles. The van der Waals surface area contributed by atoms with E-state index >= 15 is 0 Å². The van der Waals surface area contributed by atoms with Crippen LogP contribution in [-0.4, -0.2) is 49.5 Å². The van der Waals surface area contributed by atoms with E-state index in [-0.39, 0.29) is 5.91 Å². The Hall–Kier alpha value is -2.08. The molecule has 2 heterocycles. The average Bonchev–Trinajstić information content (AvgIpc) is 3.04. The summed E-state index contributed by atoms with van der Waals surface area (Å²) >= 11 is 0. The van der Waals surface area contributed by atoms with E-state index in [1.807, 2.05) is 4.90 Å². The van der Waals surface area contributed by atoms with Gasteiger partial charge >= 0.3 is 0 Å². The van der Waals surface area contributed by atoms with Crippen molar-refractivity contribution in [2.45, 2.75) is 25.7 Å². The SMILES string of the molecule is NC(=O)c1ccc(OCCC(=O)N2CCC3(CCNC3)CC2)cc1. The molecular weight excluding hydrogens is 306 g/mol. The van der Waals surface area contributed by atoms with Crippen LogP contribution in [0, 0.1) is 5.41 Å². The Bertz CT molecular complexity index is 584. The van der Waals surface area contributed by atoms with Crippen molar-refractivity contribution in [3.8, 4) is 5.75 Å². The third-order valence-electron chi connectivity index (χ3n) is 5.23. The van der Waals surface area contributed by atoms with Crippen LogP contribution in [-0.2, 0) is 4.79 Å². The highest BCUT2D eigenvalue weighted by Gasteiger charge is 2.37. The fraction of sp³-hybridized carbons (Fsp3) is 0.556. The number of carbonyl (C=O) groups is 2. The van der Waals surface area contributed by atoms with Crippen molar-refractivity contribution in [3.63, 3.8) is 0 Å². The highest BCUT2D eigenvalue weighted by atomic mass is 16.5. The van der Waals surface area contributed by atoms with Gasteiger partial charge < -0.3 is 20.7 Å². The quantitative estimate of drug-likeness (QED) is 0.848. The minimum Gasteiger partial charge on any atom is -0.493 e. The molecule has 6 nitrogen and oxygen atoms in total. The van der Waals surface area contributed by atoms with Gasteiger partial charge in [-0.15, -0.1) is 0 Å². The summed E-state index contributed by atoms with van der Waals surface area (Å²) in [6.07, 6.45) is 3.81. The largest absolute Gasteiger partial charge is 0.493 e. The number of nitrogens with zero attached hydrogens (tertiary/aromatic N) is 1. The summed E-state index contributed by atoms with van der Waals surface area (Å²) < 4.78 is 5.59. The van der Waals surface area contributed by atoms with Gasteiger partial charge in [0.2, 0.25) is 11.8 Å². The highest BCUT2D eigenvalue weighted by Crippen LogP contribution is 2.36. The van der Waals surface area contributed by atoms with E-state index in [1.165, 1.54) is 6.42 Å². The second-order valence-corrected chi connectivity index (χ2v) is 6.79. The van der Waals surface area contributed by atoms with E-state index in [1.54, 1.807) is 24.3 Å². The van der Waals surface area contributed by atoms with Gasteiger partial charge in [0.15, 0.2) is 0 Å². The van der Waals surface area contributed by atoms with Crippen molar-refractivity contribution in [2.24, 2.45) is 11.1 Å². The Labute approximate surface area is 142 Å². The van der Waals surface area contributed by atoms with E-state index in [9.17, 15) is 9.59 Å². The summed E-state index contributed by atoms with van der Waals surface area (Å²) in [6.45, 7) is 4.26. The Morgan fingerprint density at radius 3 is 2.46 bits per heavy atom. The highest BCUT2D eigenvalue weighted by molar-refractivity contribution is 5.92. The fourth-order valence-electron chi connectivity index (χ4n) is 3.58. The molecule has 130 valence electrons. The van der Waals surface area contributed by atoms with Gasteiger partial charge in [-0.1, -0.05) is 0 Å². The topological polar surface area (TPSA) is 84.7 Å². The zero-order chi connectivity index (χ0) is 17.0. The molecule has 1 aromatic rings. The first kappa shape index (κ1) is 16.8. The van der Waals surface area contributed by atoms with E-state index in [4.69, 9.17) is 10.5 Å². The lowest BCUT2D eigenvalue weighted by molar-refractivity contribution is -0.133. The number of likely N-dealkylation sites (tertiary alicyclic amines) is 1. The molecule has 0 aromatic heterocycles. The normalized spacial score (nSPS) is 19.4. The number of piperidine rings is 1. The standard InChI is InChI=1S/C18H25N3O3/c19-17(23)14-1-3-15(4-2-14)24-12-5-16(22)21-10-7-18(8-11-21)6-9-20-13-18/h1-4,20H,5-13H2,(H2,19,23). The molecular formula is C18H25N3O3. The molecule has 0 saturated carbocycles. The minimum atomic E-state index is -0.461. The van der Waals surface area contributed by atoms with Crippen LogP contribution in [0.15, 0.2) is 24.3 Å². The predicted molar refractivity (Wildman–Crippen MR) is 90.8 cm³/mol. The molecule has 0 radical (unpaired) electrons. The molecule has 2 saturated heterocycles. The lowest BCUT2D eigenvalue weighted by atomic mass is 9.78. The van der Waals surface area contributed by atoms with Crippen molar-refractivity contribution < 1.29 is 14.3 Å². The summed E-state index contributed by atoms with van der Waals surface area (Å²) in [5.74, 6) is 0.337. The van der Waals surface area contributed by atoms with Gasteiger partial charge in [-0.2, -0.15) is 0 Å². The molecule has 0 bridgehead atoms. The molecule has 3 N–H and O–H groups in total. The zero-order valence-corrected chi connectivity index (χ0v) is 13.9. The molecule has 1 aromatic carbocycles. The number of ether oxygens (including phenoxy) is 1. The Morgan fingerprint density at radius 1 is 1.17 bits per heavy atom.